The summed E-state index contributed by atoms with van der Waals surface area (Å²) in [6.07, 6.45) is 0. The van der Waals surface area contributed by atoms with Crippen LogP contribution in [0.15, 0.2) is 29.2 Å². The molecule has 1 atom stereocenters. The zero-order valence-electron chi connectivity index (χ0n) is 7.47. The molecule has 0 unspecified atom stereocenters. The minimum absolute atomic E-state index is 0.0679. The minimum atomic E-state index is -1.93. The molecule has 0 heterocycles. The monoisotopic (exact) mass is 226 g/mol. The standard InChI is InChI=1S/C9H8O5S/c10-8(11)5-15(14)7-4-2-1-3-6(7)9(12)13/h1-4H,5H2,(H,10,11)(H,12,13)/p-2/t15-/m0/s1. The van der Waals surface area contributed by atoms with Crippen molar-refractivity contribution in [3.8, 4) is 0 Å². The first-order chi connectivity index (χ1) is 7.02. The van der Waals surface area contributed by atoms with Gasteiger partial charge in [-0.05, 0) is 6.07 Å². The van der Waals surface area contributed by atoms with Gasteiger partial charge in [-0.1, -0.05) is 18.2 Å². The van der Waals surface area contributed by atoms with Gasteiger partial charge in [0, 0.05) is 10.5 Å². The average Bonchev–Trinajstić information content (AvgIpc) is 2.16. The Hall–Kier alpha value is -1.69. The summed E-state index contributed by atoms with van der Waals surface area (Å²) in [4.78, 5) is 20.7. The van der Waals surface area contributed by atoms with E-state index in [1.807, 2.05) is 0 Å². The Morgan fingerprint density at radius 3 is 2.33 bits per heavy atom. The molecule has 0 bridgehead atoms. The Labute approximate surface area is 87.8 Å². The van der Waals surface area contributed by atoms with Crippen LogP contribution in [0.3, 0.4) is 0 Å². The topological polar surface area (TPSA) is 97.3 Å². The maximum Gasteiger partial charge on any atom is 0.0727 e. The van der Waals surface area contributed by atoms with E-state index in [-0.39, 0.29) is 10.5 Å². The van der Waals surface area contributed by atoms with Crippen LogP contribution < -0.4 is 10.2 Å². The number of carboxylic acids is 2. The molecule has 0 radical (unpaired) electrons. The molecule has 0 spiro atoms. The van der Waals surface area contributed by atoms with E-state index in [2.05, 4.69) is 0 Å². The smallest absolute Gasteiger partial charge is 0.0727 e. The second-order valence-corrected chi connectivity index (χ2v) is 4.07. The quantitative estimate of drug-likeness (QED) is 0.586. The number of carbonyl (C=O) groups excluding carboxylic acids is 2. The van der Waals surface area contributed by atoms with Gasteiger partial charge in [0.25, 0.3) is 0 Å². The highest BCUT2D eigenvalue weighted by atomic mass is 32.2. The highest BCUT2D eigenvalue weighted by molar-refractivity contribution is 7.85. The van der Waals surface area contributed by atoms with E-state index >= 15 is 0 Å². The van der Waals surface area contributed by atoms with Crippen molar-refractivity contribution < 1.29 is 24.0 Å². The fraction of sp³-hybridized carbons (Fsp3) is 0.111. The average molecular weight is 226 g/mol. The summed E-state index contributed by atoms with van der Waals surface area (Å²) in [7, 11) is -1.93. The zero-order valence-corrected chi connectivity index (χ0v) is 8.28. The van der Waals surface area contributed by atoms with Crippen molar-refractivity contribution in [2.75, 3.05) is 5.75 Å². The molecule has 0 saturated carbocycles. The van der Waals surface area contributed by atoms with Crippen molar-refractivity contribution in [3.63, 3.8) is 0 Å². The Morgan fingerprint density at radius 1 is 1.20 bits per heavy atom. The lowest BCUT2D eigenvalue weighted by Crippen LogP contribution is -2.30. The maximum atomic E-state index is 11.4. The summed E-state index contributed by atoms with van der Waals surface area (Å²) in [5.74, 6) is -3.72. The summed E-state index contributed by atoms with van der Waals surface area (Å²) in [5.41, 5.74) is -0.267. The number of carbonyl (C=O) groups is 2. The van der Waals surface area contributed by atoms with Crippen molar-refractivity contribution in [1.29, 1.82) is 0 Å². The van der Waals surface area contributed by atoms with Crippen LogP contribution in [0, 0.1) is 0 Å². The molecule has 5 nitrogen and oxygen atoms in total. The molecule has 15 heavy (non-hydrogen) atoms. The van der Waals surface area contributed by atoms with Crippen molar-refractivity contribution >= 4 is 22.7 Å². The van der Waals surface area contributed by atoms with E-state index in [4.69, 9.17) is 0 Å². The van der Waals surface area contributed by atoms with Crippen LogP contribution in [0.5, 0.6) is 0 Å². The lowest BCUT2D eigenvalue weighted by Gasteiger charge is -2.09. The second-order valence-electron chi connectivity index (χ2n) is 2.65. The molecule has 1 rings (SSSR count). The molecule has 0 saturated heterocycles. The summed E-state index contributed by atoms with van der Waals surface area (Å²) >= 11 is 0. The number of rotatable bonds is 4. The van der Waals surface area contributed by atoms with Gasteiger partial charge in [0.15, 0.2) is 0 Å². The zero-order chi connectivity index (χ0) is 11.4. The van der Waals surface area contributed by atoms with Gasteiger partial charge >= 0.3 is 0 Å². The lowest BCUT2D eigenvalue weighted by molar-refractivity contribution is -0.301. The number of hydrogen-bond acceptors (Lipinski definition) is 5. The van der Waals surface area contributed by atoms with Crippen LogP contribution in [0.25, 0.3) is 0 Å². The van der Waals surface area contributed by atoms with Gasteiger partial charge < -0.3 is 19.8 Å². The van der Waals surface area contributed by atoms with E-state index in [0.29, 0.717) is 0 Å². The lowest BCUT2D eigenvalue weighted by atomic mass is 10.2. The molecule has 0 aliphatic heterocycles. The van der Waals surface area contributed by atoms with Crippen molar-refractivity contribution in [3.05, 3.63) is 29.8 Å². The van der Waals surface area contributed by atoms with Gasteiger partial charge in [0.05, 0.1) is 28.5 Å². The molecular formula is C9H6O5S-2. The molecule has 0 N–H and O–H groups in total. The Balaban J connectivity index is 3.08. The highest BCUT2D eigenvalue weighted by Gasteiger charge is 2.09. The van der Waals surface area contributed by atoms with Crippen molar-refractivity contribution in [1.82, 2.24) is 0 Å². The number of benzene rings is 1. The van der Waals surface area contributed by atoms with E-state index in [1.54, 1.807) is 0 Å². The number of aromatic carboxylic acids is 1. The van der Waals surface area contributed by atoms with Gasteiger partial charge in [-0.25, -0.2) is 0 Å². The van der Waals surface area contributed by atoms with Crippen LogP contribution in [0.2, 0.25) is 0 Å². The molecule has 0 aliphatic rings. The third-order valence-electron chi connectivity index (χ3n) is 1.60. The summed E-state index contributed by atoms with van der Waals surface area (Å²) in [6.45, 7) is 0. The van der Waals surface area contributed by atoms with Crippen LogP contribution in [0.4, 0.5) is 0 Å². The Bertz CT molecular complexity index is 426. The second kappa shape index (κ2) is 4.70. The molecule has 0 aliphatic carbocycles. The van der Waals surface area contributed by atoms with Gasteiger partial charge in [0.2, 0.25) is 0 Å². The first kappa shape index (κ1) is 11.4. The van der Waals surface area contributed by atoms with E-state index in [9.17, 15) is 24.0 Å². The summed E-state index contributed by atoms with van der Waals surface area (Å²) in [6, 6.07) is 5.39. The van der Waals surface area contributed by atoms with Gasteiger partial charge in [-0.15, -0.1) is 0 Å². The molecule has 0 amide bonds. The first-order valence-electron chi connectivity index (χ1n) is 3.91. The number of hydrogen-bond donors (Lipinski definition) is 0. The van der Waals surface area contributed by atoms with Crippen LogP contribution in [0.1, 0.15) is 10.4 Å². The highest BCUT2D eigenvalue weighted by Crippen LogP contribution is 2.12. The third-order valence-corrected chi connectivity index (χ3v) is 2.95. The third kappa shape index (κ3) is 2.88. The molecule has 1 aromatic rings. The van der Waals surface area contributed by atoms with Gasteiger partial charge in [-0.3, -0.25) is 4.21 Å². The van der Waals surface area contributed by atoms with Gasteiger partial charge in [0.1, 0.15) is 0 Å². The van der Waals surface area contributed by atoms with Crippen molar-refractivity contribution in [2.24, 2.45) is 0 Å². The Kier molecular flexibility index (Phi) is 3.56. The first-order valence-corrected chi connectivity index (χ1v) is 5.23. The molecule has 80 valence electrons. The van der Waals surface area contributed by atoms with Gasteiger partial charge in [-0.2, -0.15) is 0 Å². The van der Waals surface area contributed by atoms with Crippen LogP contribution >= 0.6 is 0 Å². The fourth-order valence-corrected chi connectivity index (χ4v) is 2.02. The fourth-order valence-electron chi connectivity index (χ4n) is 1.02. The van der Waals surface area contributed by atoms with E-state index < -0.39 is 28.5 Å². The van der Waals surface area contributed by atoms with Crippen LogP contribution in [-0.2, 0) is 15.6 Å². The Morgan fingerprint density at radius 2 is 1.80 bits per heavy atom. The van der Waals surface area contributed by atoms with Crippen LogP contribution in [-0.4, -0.2) is 21.9 Å². The largest absolute Gasteiger partial charge is 0.549 e. The molecule has 0 aromatic heterocycles. The molecule has 1 aromatic carbocycles. The number of aliphatic carboxylic acids is 1. The SMILES string of the molecule is O=C([O-])C[S@](=O)c1ccccc1C(=O)[O-]. The van der Waals surface area contributed by atoms with E-state index in [1.165, 1.54) is 24.3 Å². The van der Waals surface area contributed by atoms with Crippen molar-refractivity contribution in [2.45, 2.75) is 4.90 Å². The predicted molar refractivity (Wildman–Crippen MR) is 47.1 cm³/mol. The number of carboxylic acid groups (broad SMARTS) is 2. The molecule has 6 heteroatoms. The summed E-state index contributed by atoms with van der Waals surface area (Å²) < 4.78 is 11.4. The molecule has 0 fully saturated rings. The summed E-state index contributed by atoms with van der Waals surface area (Å²) in [5, 5.41) is 20.8. The normalized spacial score (nSPS) is 12.0. The minimum Gasteiger partial charge on any atom is -0.549 e. The molecular weight excluding hydrogens is 220 g/mol. The maximum absolute atomic E-state index is 11.4. The predicted octanol–water partition coefficient (Wildman–Crippen LogP) is -2.09. The van der Waals surface area contributed by atoms with E-state index in [0.717, 1.165) is 0 Å².